The van der Waals surface area contributed by atoms with Gasteiger partial charge in [0.05, 0.1) is 5.02 Å². The highest BCUT2D eigenvalue weighted by molar-refractivity contribution is 9.10. The highest BCUT2D eigenvalue weighted by atomic mass is 79.9. The fourth-order valence-corrected chi connectivity index (χ4v) is 3.01. The molecule has 2 nitrogen and oxygen atoms in total. The second-order valence-electron chi connectivity index (χ2n) is 4.80. The van der Waals surface area contributed by atoms with Crippen molar-refractivity contribution in [3.63, 3.8) is 0 Å². The fourth-order valence-electron chi connectivity index (χ4n) is 2.39. The Balaban J connectivity index is 1.94. The largest absolute Gasteiger partial charge is 0.485 e. The highest BCUT2D eigenvalue weighted by Gasteiger charge is 2.27. The molecule has 0 aliphatic carbocycles. The topological polar surface area (TPSA) is 35.2 Å². The van der Waals surface area contributed by atoms with Gasteiger partial charge in [0, 0.05) is 27.5 Å². The lowest BCUT2D eigenvalue weighted by molar-refractivity contribution is 0.161. The van der Waals surface area contributed by atoms with Gasteiger partial charge in [0.15, 0.2) is 0 Å². The zero-order valence-electron chi connectivity index (χ0n) is 10.4. The van der Waals surface area contributed by atoms with Crippen molar-refractivity contribution in [3.05, 3.63) is 62.0 Å². The van der Waals surface area contributed by atoms with Gasteiger partial charge in [-0.2, -0.15) is 0 Å². The van der Waals surface area contributed by atoms with Gasteiger partial charge < -0.3 is 10.5 Å². The minimum atomic E-state index is -0.0933. The molecule has 0 saturated carbocycles. The van der Waals surface area contributed by atoms with Crippen LogP contribution in [0.15, 0.2) is 40.9 Å². The summed E-state index contributed by atoms with van der Waals surface area (Å²) in [6, 6.07) is 11.3. The molecule has 2 unspecified atom stereocenters. The van der Waals surface area contributed by atoms with E-state index in [2.05, 4.69) is 15.9 Å². The molecule has 2 aromatic rings. The Morgan fingerprint density at radius 3 is 2.70 bits per heavy atom. The molecule has 3 rings (SSSR count). The Hall–Kier alpha value is -0.740. The molecule has 0 aromatic heterocycles. The molecule has 2 atom stereocenters. The standard InChI is InChI=1S/C15H12BrCl2NO/c16-11-3-1-8(5-12(11)18)15-7-13(19)10-6-9(17)2-4-14(10)20-15/h1-6,13,15H,7,19H2. The zero-order chi connectivity index (χ0) is 14.3. The number of hydrogen-bond acceptors (Lipinski definition) is 2. The Bertz CT molecular complexity index is 662. The lowest BCUT2D eigenvalue weighted by Gasteiger charge is -2.30. The molecule has 0 fully saturated rings. The summed E-state index contributed by atoms with van der Waals surface area (Å²) in [6.07, 6.45) is 0.606. The van der Waals surface area contributed by atoms with Crippen LogP contribution < -0.4 is 10.5 Å². The molecule has 5 heteroatoms. The fraction of sp³-hybridized carbons (Fsp3) is 0.200. The smallest absolute Gasteiger partial charge is 0.126 e. The predicted molar refractivity (Wildman–Crippen MR) is 85.5 cm³/mol. The SMILES string of the molecule is NC1CC(c2ccc(Br)c(Cl)c2)Oc2ccc(Cl)cc21. The number of halogens is 3. The summed E-state index contributed by atoms with van der Waals surface area (Å²) in [5.74, 6) is 0.789. The first kappa shape index (κ1) is 14.2. The molecule has 2 N–H and O–H groups in total. The molecule has 2 aromatic carbocycles. The van der Waals surface area contributed by atoms with Crippen LogP contribution in [-0.4, -0.2) is 0 Å². The normalized spacial score (nSPS) is 21.2. The number of hydrogen-bond donors (Lipinski definition) is 1. The van der Waals surface area contributed by atoms with E-state index in [1.807, 2.05) is 36.4 Å². The van der Waals surface area contributed by atoms with E-state index >= 15 is 0 Å². The molecule has 0 amide bonds. The maximum atomic E-state index is 6.23. The van der Waals surface area contributed by atoms with Crippen LogP contribution >= 0.6 is 39.1 Å². The van der Waals surface area contributed by atoms with E-state index in [-0.39, 0.29) is 12.1 Å². The summed E-state index contributed by atoms with van der Waals surface area (Å²) in [5.41, 5.74) is 8.21. The summed E-state index contributed by atoms with van der Waals surface area (Å²) in [5, 5.41) is 1.34. The summed E-state index contributed by atoms with van der Waals surface area (Å²) < 4.78 is 6.90. The van der Waals surface area contributed by atoms with Crippen molar-refractivity contribution >= 4 is 39.1 Å². The molecule has 1 heterocycles. The molecule has 1 aliphatic rings. The third-order valence-electron chi connectivity index (χ3n) is 3.42. The first-order valence-electron chi connectivity index (χ1n) is 6.21. The van der Waals surface area contributed by atoms with Crippen molar-refractivity contribution in [3.8, 4) is 5.75 Å². The number of fused-ring (bicyclic) bond motifs is 1. The molecular weight excluding hydrogens is 361 g/mol. The van der Waals surface area contributed by atoms with Crippen LogP contribution in [0.2, 0.25) is 10.0 Å². The van der Waals surface area contributed by atoms with Crippen LogP contribution in [0.4, 0.5) is 0 Å². The van der Waals surface area contributed by atoms with Crippen molar-refractivity contribution in [2.45, 2.75) is 18.6 Å². The Morgan fingerprint density at radius 2 is 1.95 bits per heavy atom. The van der Waals surface area contributed by atoms with Gasteiger partial charge in [-0.05, 0) is 51.8 Å². The lowest BCUT2D eigenvalue weighted by atomic mass is 9.94. The van der Waals surface area contributed by atoms with Crippen LogP contribution in [0.3, 0.4) is 0 Å². The molecule has 20 heavy (non-hydrogen) atoms. The van der Waals surface area contributed by atoms with E-state index < -0.39 is 0 Å². The van der Waals surface area contributed by atoms with E-state index in [4.69, 9.17) is 33.7 Å². The molecule has 0 saturated heterocycles. The Labute approximate surface area is 136 Å². The Morgan fingerprint density at radius 1 is 1.15 bits per heavy atom. The summed E-state index contributed by atoms with van der Waals surface area (Å²) in [6.45, 7) is 0. The zero-order valence-corrected chi connectivity index (χ0v) is 13.5. The maximum absolute atomic E-state index is 6.23. The number of ether oxygens (including phenoxy) is 1. The van der Waals surface area contributed by atoms with Gasteiger partial charge in [-0.25, -0.2) is 0 Å². The number of benzene rings is 2. The first-order valence-corrected chi connectivity index (χ1v) is 7.76. The van der Waals surface area contributed by atoms with Crippen molar-refractivity contribution in [1.29, 1.82) is 0 Å². The van der Waals surface area contributed by atoms with E-state index in [0.29, 0.717) is 16.5 Å². The van der Waals surface area contributed by atoms with Crippen LogP contribution in [0.5, 0.6) is 5.75 Å². The van der Waals surface area contributed by atoms with Gasteiger partial charge >= 0.3 is 0 Å². The lowest BCUT2D eigenvalue weighted by Crippen LogP contribution is -2.24. The predicted octanol–water partition coefficient (Wildman–Crippen LogP) is 5.28. The summed E-state index contributed by atoms with van der Waals surface area (Å²) in [4.78, 5) is 0. The van der Waals surface area contributed by atoms with Crippen molar-refractivity contribution in [1.82, 2.24) is 0 Å². The van der Waals surface area contributed by atoms with Crippen LogP contribution in [-0.2, 0) is 0 Å². The van der Waals surface area contributed by atoms with Gasteiger partial charge in [-0.1, -0.05) is 29.3 Å². The van der Waals surface area contributed by atoms with Crippen LogP contribution in [0.1, 0.15) is 29.7 Å². The van der Waals surface area contributed by atoms with Crippen LogP contribution in [0.25, 0.3) is 0 Å². The third-order valence-corrected chi connectivity index (χ3v) is 4.89. The molecule has 0 spiro atoms. The van der Waals surface area contributed by atoms with E-state index in [1.165, 1.54) is 0 Å². The molecule has 0 radical (unpaired) electrons. The van der Waals surface area contributed by atoms with Crippen molar-refractivity contribution < 1.29 is 4.74 Å². The number of nitrogens with two attached hydrogens (primary N) is 1. The van der Waals surface area contributed by atoms with E-state index in [1.54, 1.807) is 0 Å². The van der Waals surface area contributed by atoms with Gasteiger partial charge in [-0.3, -0.25) is 0 Å². The highest BCUT2D eigenvalue weighted by Crippen LogP contribution is 2.41. The van der Waals surface area contributed by atoms with Gasteiger partial charge in [0.2, 0.25) is 0 Å². The summed E-state index contributed by atoms with van der Waals surface area (Å²) >= 11 is 15.5. The van der Waals surface area contributed by atoms with Gasteiger partial charge in [0.1, 0.15) is 11.9 Å². The van der Waals surface area contributed by atoms with Crippen molar-refractivity contribution in [2.24, 2.45) is 5.73 Å². The van der Waals surface area contributed by atoms with E-state index in [0.717, 1.165) is 21.3 Å². The minimum Gasteiger partial charge on any atom is -0.485 e. The second kappa shape index (κ2) is 5.57. The molecule has 104 valence electrons. The molecule has 1 aliphatic heterocycles. The average Bonchev–Trinajstić information content (AvgIpc) is 2.42. The van der Waals surface area contributed by atoms with Crippen molar-refractivity contribution in [2.75, 3.05) is 0 Å². The second-order valence-corrected chi connectivity index (χ2v) is 6.50. The Kier molecular flexibility index (Phi) is 3.95. The maximum Gasteiger partial charge on any atom is 0.126 e. The molecular formula is C15H12BrCl2NO. The first-order chi connectivity index (χ1) is 9.54. The van der Waals surface area contributed by atoms with Crippen LogP contribution in [0, 0.1) is 0 Å². The average molecular weight is 373 g/mol. The monoisotopic (exact) mass is 371 g/mol. The molecule has 0 bridgehead atoms. The van der Waals surface area contributed by atoms with Gasteiger partial charge in [-0.15, -0.1) is 0 Å². The van der Waals surface area contributed by atoms with Gasteiger partial charge in [0.25, 0.3) is 0 Å². The third kappa shape index (κ3) is 2.68. The quantitative estimate of drug-likeness (QED) is 0.738. The summed E-state index contributed by atoms with van der Waals surface area (Å²) in [7, 11) is 0. The number of rotatable bonds is 1. The van der Waals surface area contributed by atoms with E-state index in [9.17, 15) is 0 Å². The minimum absolute atomic E-state index is 0.0927.